The Morgan fingerprint density at radius 3 is 2.58 bits per heavy atom. The van der Waals surface area contributed by atoms with E-state index in [0.717, 1.165) is 37.1 Å². The van der Waals surface area contributed by atoms with Gasteiger partial charge < -0.3 is 41.8 Å². The van der Waals surface area contributed by atoms with Crippen LogP contribution in [0.2, 0.25) is 0 Å². The lowest BCUT2D eigenvalue weighted by Crippen LogP contribution is -2.43. The Balaban J connectivity index is 0.972. The van der Waals surface area contributed by atoms with E-state index in [1.807, 2.05) is 11.8 Å². The number of urea groups is 1. The molecule has 57 heavy (non-hydrogen) atoms. The van der Waals surface area contributed by atoms with Crippen molar-refractivity contribution < 1.29 is 42.2 Å². The quantitative estimate of drug-likeness (QED) is 0.0569. The van der Waals surface area contributed by atoms with Crippen molar-refractivity contribution in [1.29, 1.82) is 0 Å². The monoisotopic (exact) mass is 813 g/mol. The summed E-state index contributed by atoms with van der Waals surface area (Å²) in [6.07, 6.45) is 6.14. The average Bonchev–Trinajstić information content (AvgIpc) is 3.93. The molecule has 0 unspecified atom stereocenters. The Morgan fingerprint density at radius 2 is 1.77 bits per heavy atom. The zero-order valence-corrected chi connectivity index (χ0v) is 32.3. The fraction of sp³-hybridized carbons (Fsp3) is 0.500. The zero-order chi connectivity index (χ0) is 40.6. The van der Waals surface area contributed by atoms with Gasteiger partial charge in [-0.1, -0.05) is 23.8 Å². The maximum atomic E-state index is 14.0. The first-order valence-corrected chi connectivity index (χ1v) is 20.1. The molecule has 0 bridgehead atoms. The summed E-state index contributed by atoms with van der Waals surface area (Å²) in [5.41, 5.74) is 6.78. The smallest absolute Gasteiger partial charge is 0.315 e. The molecule has 0 radical (unpaired) electrons. The summed E-state index contributed by atoms with van der Waals surface area (Å²) in [6, 6.07) is 8.95. The number of amides is 5. The predicted octanol–water partition coefficient (Wildman–Crippen LogP) is 2.29. The van der Waals surface area contributed by atoms with E-state index in [-0.39, 0.29) is 68.1 Å². The zero-order valence-electron chi connectivity index (χ0n) is 31.5. The van der Waals surface area contributed by atoms with E-state index in [1.54, 1.807) is 30.5 Å². The number of nitrogens with zero attached hydrogens (tertiary/aromatic N) is 3. The number of thioether (sulfide) groups is 1. The molecule has 0 spiro atoms. The van der Waals surface area contributed by atoms with Crippen molar-refractivity contribution in [2.45, 2.75) is 81.3 Å². The highest BCUT2D eigenvalue weighted by molar-refractivity contribution is 8.00. The first kappa shape index (κ1) is 43.0. The minimum absolute atomic E-state index is 0.0496. The molecule has 3 aromatic rings. The third-order valence-corrected chi connectivity index (χ3v) is 10.9. The lowest BCUT2D eigenvalue weighted by molar-refractivity contribution is -0.123. The van der Waals surface area contributed by atoms with Crippen LogP contribution in [0.15, 0.2) is 48.7 Å². The molecular weight excluding hydrogens is 765 g/mol. The van der Waals surface area contributed by atoms with Gasteiger partial charge in [0.05, 0.1) is 49.8 Å². The van der Waals surface area contributed by atoms with Crippen LogP contribution in [-0.4, -0.2) is 107 Å². The molecule has 2 aromatic carbocycles. The second kappa shape index (κ2) is 22.0. The molecule has 19 heteroatoms. The van der Waals surface area contributed by atoms with E-state index >= 15 is 0 Å². The third kappa shape index (κ3) is 13.2. The second-order valence-electron chi connectivity index (χ2n) is 13.7. The fourth-order valence-corrected chi connectivity index (χ4v) is 7.92. The number of carbonyl (C=O) groups excluding carboxylic acids is 5. The molecule has 2 aliphatic rings. The minimum atomic E-state index is -0.992. The summed E-state index contributed by atoms with van der Waals surface area (Å²) < 4.78 is 40.1. The van der Waals surface area contributed by atoms with Gasteiger partial charge in [0, 0.05) is 36.0 Å². The number of para-hydroxylation sites is 1. The van der Waals surface area contributed by atoms with Crippen LogP contribution >= 0.6 is 11.8 Å². The van der Waals surface area contributed by atoms with Gasteiger partial charge in [0.25, 0.3) is 5.91 Å². The summed E-state index contributed by atoms with van der Waals surface area (Å²) in [6.45, 7) is 0.630. The van der Waals surface area contributed by atoms with Gasteiger partial charge in [0.1, 0.15) is 12.3 Å². The first-order valence-electron chi connectivity index (χ1n) is 19.0. The topological polar surface area (TPSA) is 221 Å². The molecular formula is C38H49F2N9O7S. The van der Waals surface area contributed by atoms with Gasteiger partial charge in [-0.25, -0.2) is 18.3 Å². The van der Waals surface area contributed by atoms with Gasteiger partial charge in [-0.2, -0.15) is 11.8 Å². The number of rotatable bonds is 24. The average molecular weight is 814 g/mol. The molecule has 3 heterocycles. The van der Waals surface area contributed by atoms with Crippen LogP contribution in [-0.2, 0) is 25.7 Å². The van der Waals surface area contributed by atoms with Crippen molar-refractivity contribution in [3.63, 3.8) is 0 Å². The maximum Gasteiger partial charge on any atom is 0.315 e. The van der Waals surface area contributed by atoms with Crippen LogP contribution in [0.3, 0.4) is 0 Å². The predicted molar refractivity (Wildman–Crippen MR) is 207 cm³/mol. The highest BCUT2D eigenvalue weighted by atomic mass is 32.2. The van der Waals surface area contributed by atoms with Gasteiger partial charge >= 0.3 is 6.03 Å². The second-order valence-corrected chi connectivity index (χ2v) is 14.9. The molecule has 0 saturated carbocycles. The molecule has 5 amide bonds. The first-order chi connectivity index (χ1) is 27.6. The van der Waals surface area contributed by atoms with Crippen LogP contribution in [0.25, 0.3) is 5.69 Å². The normalized spacial score (nSPS) is 17.6. The lowest BCUT2D eigenvalue weighted by atomic mass is 10.0. The number of hydrogen-bond donors (Lipinski definition) is 6. The number of ketones is 1. The van der Waals surface area contributed by atoms with E-state index in [1.165, 1.54) is 10.7 Å². The molecule has 2 saturated heterocycles. The van der Waals surface area contributed by atoms with Crippen molar-refractivity contribution in [3.05, 3.63) is 71.6 Å². The van der Waals surface area contributed by atoms with Crippen LogP contribution in [0.1, 0.15) is 67.4 Å². The Labute approximate surface area is 333 Å². The number of fused-ring (bicyclic) bond motifs is 1. The SMILES string of the molecule is NCCCC[C@H](NC(=O)c1cccc(-n2cc(CNC(=O)CCOCCNC(=O)CCCC[C@@H]3SC[C@@H]4NC(=O)N[C@@H]43)nn2)c1)C(=O)COc1c(F)cccc1F. The molecule has 0 aliphatic carbocycles. The molecule has 2 fully saturated rings. The molecule has 4 atom stereocenters. The number of aromatic nitrogens is 3. The van der Waals surface area contributed by atoms with Crippen molar-refractivity contribution in [1.82, 2.24) is 41.6 Å². The van der Waals surface area contributed by atoms with Crippen molar-refractivity contribution in [2.24, 2.45) is 5.73 Å². The van der Waals surface area contributed by atoms with Crippen LogP contribution in [0.5, 0.6) is 5.75 Å². The number of carbonyl (C=O) groups is 5. The van der Waals surface area contributed by atoms with E-state index in [9.17, 15) is 32.8 Å². The van der Waals surface area contributed by atoms with Crippen molar-refractivity contribution in [3.8, 4) is 11.4 Å². The Hall–Kier alpha value is -5.14. The number of hydrogen-bond acceptors (Lipinski definition) is 11. The molecule has 1 aromatic heterocycles. The Bertz CT molecular complexity index is 1830. The van der Waals surface area contributed by atoms with Gasteiger partial charge in [0.15, 0.2) is 23.2 Å². The summed E-state index contributed by atoms with van der Waals surface area (Å²) in [7, 11) is 0. The van der Waals surface area contributed by atoms with Crippen LogP contribution in [0.4, 0.5) is 13.6 Å². The number of unbranched alkanes of at least 4 members (excludes halogenated alkanes) is 2. The summed E-state index contributed by atoms with van der Waals surface area (Å²) in [5.74, 6) is -3.07. The third-order valence-electron chi connectivity index (χ3n) is 9.42. The van der Waals surface area contributed by atoms with Crippen molar-refractivity contribution >= 4 is 41.3 Å². The van der Waals surface area contributed by atoms with Gasteiger partial charge in [-0.05, 0) is 69.0 Å². The van der Waals surface area contributed by atoms with E-state index < -0.39 is 41.7 Å². The number of nitrogens with one attached hydrogen (secondary N) is 5. The summed E-state index contributed by atoms with van der Waals surface area (Å²) in [5, 5.41) is 22.8. The number of halogens is 2. The summed E-state index contributed by atoms with van der Waals surface area (Å²) in [4.78, 5) is 62.3. The van der Waals surface area contributed by atoms with Crippen LogP contribution in [0, 0.1) is 11.6 Å². The highest BCUT2D eigenvalue weighted by Gasteiger charge is 2.42. The van der Waals surface area contributed by atoms with Gasteiger partial charge in [-0.3, -0.25) is 19.2 Å². The standard InChI is InChI=1S/C38H49F2N9O7S/c39-27-9-6-10-28(40)36(27)56-22-31(50)29(11-3-4-15-41)44-37(53)24-7-5-8-26(19-24)49-21-25(47-48-49)20-43-34(52)14-17-55-18-16-42-33(51)13-2-1-12-32-35-30(23-57-32)45-38(54)46-35/h5-10,19,21,29-30,32,35H,1-4,11-18,20,22-23,41H2,(H,42,51)(H,43,52)(H,44,53)(H2,45,46,54)/t29-,30-,32-,35-/m0/s1. The largest absolute Gasteiger partial charge is 0.480 e. The van der Waals surface area contributed by atoms with Gasteiger partial charge in [-0.15, -0.1) is 5.10 Å². The minimum Gasteiger partial charge on any atom is -0.480 e. The molecule has 2 aliphatic heterocycles. The number of Topliss-reactive ketones (excluding diaryl/α,β-unsaturated/α-hetero) is 1. The Morgan fingerprint density at radius 1 is 0.982 bits per heavy atom. The van der Waals surface area contributed by atoms with Gasteiger partial charge in [0.2, 0.25) is 11.8 Å². The van der Waals surface area contributed by atoms with E-state index in [4.69, 9.17) is 15.2 Å². The molecule has 7 N–H and O–H groups in total. The molecule has 16 nitrogen and oxygen atoms in total. The summed E-state index contributed by atoms with van der Waals surface area (Å²) >= 11 is 1.86. The highest BCUT2D eigenvalue weighted by Crippen LogP contribution is 2.33. The number of ether oxygens (including phenoxy) is 2. The maximum absolute atomic E-state index is 14.0. The molecule has 5 rings (SSSR count). The van der Waals surface area contributed by atoms with E-state index in [0.29, 0.717) is 49.0 Å². The number of benzene rings is 2. The lowest BCUT2D eigenvalue weighted by Gasteiger charge is -2.18. The van der Waals surface area contributed by atoms with Crippen LogP contribution < -0.4 is 37.1 Å². The van der Waals surface area contributed by atoms with Crippen molar-refractivity contribution in [2.75, 3.05) is 38.7 Å². The Kier molecular flexibility index (Phi) is 16.6. The fourth-order valence-electron chi connectivity index (χ4n) is 6.38. The van der Waals surface area contributed by atoms with E-state index in [2.05, 4.69) is 36.9 Å². The molecule has 308 valence electrons. The number of nitrogens with two attached hydrogens (primary N) is 1.